The first-order chi connectivity index (χ1) is 12.2. The van der Waals surface area contributed by atoms with E-state index in [1.807, 2.05) is 0 Å². The maximum atomic E-state index is 13.4. The lowest BCUT2D eigenvalue weighted by Crippen LogP contribution is -2.72. The molecule has 0 radical (unpaired) electrons. The molecule has 2 aliphatic carbocycles. The minimum absolute atomic E-state index is 0.0310. The van der Waals surface area contributed by atoms with Crippen LogP contribution < -0.4 is 0 Å². The second-order valence-corrected chi connectivity index (χ2v) is 8.92. The molecule has 1 spiro atoms. The Labute approximate surface area is 150 Å². The van der Waals surface area contributed by atoms with Crippen LogP contribution in [0.3, 0.4) is 0 Å². The Kier molecular flexibility index (Phi) is 3.54. The number of hydrogen-bond acceptors (Lipinski definition) is 3. The van der Waals surface area contributed by atoms with Crippen LogP contribution >= 0.6 is 0 Å². The minimum atomic E-state index is -0.503. The molecule has 3 saturated heterocycles. The van der Waals surface area contributed by atoms with Crippen LogP contribution in [0.2, 0.25) is 0 Å². The maximum Gasteiger partial charge on any atom is 0.321 e. The molecule has 0 aromatic carbocycles. The largest absolute Gasteiger partial charge is 0.450 e. The Morgan fingerprint density at radius 2 is 1.96 bits per heavy atom. The lowest BCUT2D eigenvalue weighted by Gasteiger charge is -2.58. The summed E-state index contributed by atoms with van der Waals surface area (Å²) in [6, 6.07) is 0.386. The molecule has 134 valence electrons. The number of rotatable bonds is 1. The van der Waals surface area contributed by atoms with Crippen molar-refractivity contribution in [1.82, 2.24) is 4.90 Å². The van der Waals surface area contributed by atoms with E-state index in [0.717, 1.165) is 38.3 Å². The molecule has 0 N–H and O–H groups in total. The predicted molar refractivity (Wildman–Crippen MR) is 98.0 cm³/mol. The topological polar surface area (TPSA) is 29.5 Å². The molecule has 3 aliphatic heterocycles. The Hall–Kier alpha value is -1.35. The van der Waals surface area contributed by atoms with Gasteiger partial charge in [-0.15, -0.1) is 0 Å². The van der Waals surface area contributed by atoms with E-state index in [1.165, 1.54) is 31.3 Å². The van der Waals surface area contributed by atoms with Gasteiger partial charge < -0.3 is 4.74 Å². The third-order valence-electron chi connectivity index (χ3n) is 7.56. The van der Waals surface area contributed by atoms with Crippen LogP contribution in [0.5, 0.6) is 0 Å². The number of carbonyl (C=O) groups excluding carboxylic acids is 1. The molecule has 5 rings (SSSR count). The highest BCUT2D eigenvalue weighted by molar-refractivity contribution is 5.89. The van der Waals surface area contributed by atoms with E-state index in [4.69, 9.17) is 4.74 Å². The summed E-state index contributed by atoms with van der Waals surface area (Å²) >= 11 is 0. The second-order valence-electron chi connectivity index (χ2n) is 8.92. The lowest BCUT2D eigenvalue weighted by atomic mass is 9.59. The van der Waals surface area contributed by atoms with Gasteiger partial charge >= 0.3 is 5.97 Å². The number of carbonyl (C=O) groups is 1. The fraction of sp³-hybridized carbons (Fsp3) is 0.682. The van der Waals surface area contributed by atoms with E-state index in [1.54, 1.807) is 0 Å². The Balaban J connectivity index is 1.58. The number of nitrogens with zero attached hydrogens (tertiary/aromatic N) is 1. The van der Waals surface area contributed by atoms with Crippen LogP contribution in [-0.2, 0) is 9.53 Å². The van der Waals surface area contributed by atoms with Crippen LogP contribution in [0.4, 0.5) is 0 Å². The van der Waals surface area contributed by atoms with Gasteiger partial charge in [-0.1, -0.05) is 56.6 Å². The Morgan fingerprint density at radius 1 is 1.12 bits per heavy atom. The van der Waals surface area contributed by atoms with Gasteiger partial charge in [-0.2, -0.15) is 0 Å². The normalized spacial score (nSPS) is 43.9. The van der Waals surface area contributed by atoms with Crippen molar-refractivity contribution in [2.45, 2.75) is 63.5 Å². The van der Waals surface area contributed by atoms with Crippen molar-refractivity contribution in [2.75, 3.05) is 13.1 Å². The molecule has 0 aromatic heterocycles. The lowest BCUT2D eigenvalue weighted by molar-refractivity contribution is -0.184. The van der Waals surface area contributed by atoms with Crippen molar-refractivity contribution in [3.63, 3.8) is 0 Å². The molecule has 0 amide bonds. The molecule has 3 heteroatoms. The third-order valence-corrected chi connectivity index (χ3v) is 7.56. The van der Waals surface area contributed by atoms with Crippen LogP contribution in [0.1, 0.15) is 51.9 Å². The van der Waals surface area contributed by atoms with Crippen LogP contribution in [0.25, 0.3) is 0 Å². The van der Waals surface area contributed by atoms with Crippen molar-refractivity contribution in [3.8, 4) is 0 Å². The van der Waals surface area contributed by atoms with E-state index in [9.17, 15) is 4.79 Å². The Morgan fingerprint density at radius 3 is 2.80 bits per heavy atom. The van der Waals surface area contributed by atoms with Crippen LogP contribution in [-0.4, -0.2) is 35.6 Å². The maximum absolute atomic E-state index is 13.4. The molecular formula is C22H29NO2. The van der Waals surface area contributed by atoms with Gasteiger partial charge in [-0.3, -0.25) is 9.69 Å². The molecular weight excluding hydrogens is 310 g/mol. The van der Waals surface area contributed by atoms with E-state index < -0.39 is 5.41 Å². The SMILES string of the molecule is C[C@@H]1CCN2C[C@]3(OC(=O)[C@]4(C5CCCCC5)C=CC=CC=C43)[C@@H]2C1. The average molecular weight is 339 g/mol. The van der Waals surface area contributed by atoms with Gasteiger partial charge in [-0.25, -0.2) is 0 Å². The van der Waals surface area contributed by atoms with Crippen molar-refractivity contribution in [2.24, 2.45) is 17.3 Å². The third kappa shape index (κ3) is 2.05. The molecule has 0 aromatic rings. The van der Waals surface area contributed by atoms with Gasteiger partial charge in [0.2, 0.25) is 0 Å². The molecule has 0 bridgehead atoms. The average Bonchev–Trinajstić information content (AvgIpc) is 2.77. The molecule has 0 unspecified atom stereocenters. The zero-order chi connectivity index (χ0) is 17.1. The van der Waals surface area contributed by atoms with Gasteiger partial charge in [0.25, 0.3) is 0 Å². The Bertz CT molecular complexity index is 672. The molecule has 25 heavy (non-hydrogen) atoms. The summed E-state index contributed by atoms with van der Waals surface area (Å²) in [4.78, 5) is 15.9. The highest BCUT2D eigenvalue weighted by Crippen LogP contribution is 2.61. The zero-order valence-electron chi connectivity index (χ0n) is 15.2. The first kappa shape index (κ1) is 15.9. The number of esters is 1. The smallest absolute Gasteiger partial charge is 0.321 e. The number of fused-ring (bicyclic) bond motifs is 4. The predicted octanol–water partition coefficient (Wildman–Crippen LogP) is 4.02. The first-order valence-electron chi connectivity index (χ1n) is 10.2. The monoisotopic (exact) mass is 339 g/mol. The summed E-state index contributed by atoms with van der Waals surface area (Å²) in [5.74, 6) is 1.16. The molecule has 1 saturated carbocycles. The summed E-state index contributed by atoms with van der Waals surface area (Å²) in [7, 11) is 0. The number of ether oxygens (including phenoxy) is 1. The molecule has 3 nitrogen and oxygen atoms in total. The summed E-state index contributed by atoms with van der Waals surface area (Å²) < 4.78 is 6.33. The molecule has 4 fully saturated rings. The summed E-state index contributed by atoms with van der Waals surface area (Å²) in [5, 5.41) is 0. The molecule has 3 heterocycles. The highest BCUT2D eigenvalue weighted by Gasteiger charge is 2.70. The zero-order valence-corrected chi connectivity index (χ0v) is 15.2. The fourth-order valence-corrected chi connectivity index (χ4v) is 6.23. The molecule has 5 aliphatic rings. The summed E-state index contributed by atoms with van der Waals surface area (Å²) in [6.07, 6.45) is 19.2. The van der Waals surface area contributed by atoms with Crippen LogP contribution in [0, 0.1) is 17.3 Å². The van der Waals surface area contributed by atoms with E-state index >= 15 is 0 Å². The standard InChI is InChI=1S/C22H29NO2/c1-16-11-13-23-15-22(19(23)14-16)18-10-6-3-7-12-21(18,20(24)25-22)17-8-4-2-5-9-17/h3,6-7,10,12,16-17,19H,2,4-5,8-9,11,13-15H2,1H3/t16-,19+,21+,22-/m1/s1. The van der Waals surface area contributed by atoms with Crippen molar-refractivity contribution in [3.05, 3.63) is 36.0 Å². The van der Waals surface area contributed by atoms with Gasteiger partial charge in [0.15, 0.2) is 5.60 Å². The van der Waals surface area contributed by atoms with Crippen molar-refractivity contribution in [1.29, 1.82) is 0 Å². The number of hydrogen-bond donors (Lipinski definition) is 0. The van der Waals surface area contributed by atoms with Gasteiger partial charge in [0.1, 0.15) is 5.41 Å². The minimum Gasteiger partial charge on any atom is -0.450 e. The quantitative estimate of drug-likeness (QED) is 0.676. The van der Waals surface area contributed by atoms with Gasteiger partial charge in [0.05, 0.1) is 6.04 Å². The number of allylic oxidation sites excluding steroid dienone is 4. The van der Waals surface area contributed by atoms with Crippen LogP contribution in [0.15, 0.2) is 36.0 Å². The van der Waals surface area contributed by atoms with Crippen molar-refractivity contribution < 1.29 is 9.53 Å². The molecule has 4 atom stereocenters. The second kappa shape index (κ2) is 5.57. The van der Waals surface area contributed by atoms with E-state index in [-0.39, 0.29) is 11.6 Å². The first-order valence-corrected chi connectivity index (χ1v) is 10.2. The number of piperidine rings is 1. The summed E-state index contributed by atoms with van der Waals surface area (Å²) in [5.41, 5.74) is 0.413. The van der Waals surface area contributed by atoms with Gasteiger partial charge in [0, 0.05) is 6.54 Å². The fourth-order valence-electron chi connectivity index (χ4n) is 6.23. The van der Waals surface area contributed by atoms with Gasteiger partial charge in [-0.05, 0) is 49.6 Å². The van der Waals surface area contributed by atoms with E-state index in [0.29, 0.717) is 12.0 Å². The van der Waals surface area contributed by atoms with E-state index in [2.05, 4.69) is 42.2 Å². The summed E-state index contributed by atoms with van der Waals surface area (Å²) in [6.45, 7) is 4.40. The van der Waals surface area contributed by atoms with Crippen molar-refractivity contribution >= 4 is 5.97 Å². The highest BCUT2D eigenvalue weighted by atomic mass is 16.6.